The van der Waals surface area contributed by atoms with E-state index in [1.807, 2.05) is 4.90 Å². The van der Waals surface area contributed by atoms with Crippen LogP contribution in [-0.2, 0) is 24.1 Å². The standard InChI is InChI=1S/C28H32FN3O2/c29-23-6-7-24-25(18-23)34-30-27(24)20-9-13-31(14-10-20)12-3-1-2-4-19-16-21-5-8-26(33)32-15-11-22(17-19)28(21)32/h6-7,16-18,20H,1-5,8-15H2. The Bertz CT molecular complexity index is 1210. The van der Waals surface area contributed by atoms with E-state index < -0.39 is 0 Å². The van der Waals surface area contributed by atoms with E-state index in [9.17, 15) is 9.18 Å². The Kier molecular flexibility index (Phi) is 5.85. The topological polar surface area (TPSA) is 49.6 Å². The Morgan fingerprint density at radius 1 is 0.971 bits per heavy atom. The number of rotatable bonds is 7. The van der Waals surface area contributed by atoms with E-state index in [2.05, 4.69) is 22.2 Å². The number of aromatic nitrogens is 1. The highest BCUT2D eigenvalue weighted by Crippen LogP contribution is 2.38. The zero-order valence-corrected chi connectivity index (χ0v) is 19.7. The van der Waals surface area contributed by atoms with Crippen molar-refractivity contribution in [3.63, 3.8) is 0 Å². The number of hydrogen-bond acceptors (Lipinski definition) is 4. The maximum Gasteiger partial charge on any atom is 0.227 e. The summed E-state index contributed by atoms with van der Waals surface area (Å²) in [6, 6.07) is 9.43. The third kappa shape index (κ3) is 4.13. The largest absolute Gasteiger partial charge is 0.356 e. The normalized spacial score (nSPS) is 18.7. The zero-order valence-electron chi connectivity index (χ0n) is 19.7. The van der Waals surface area contributed by atoms with Gasteiger partial charge in [0.05, 0.1) is 11.4 Å². The number of aryl methyl sites for hydroxylation is 2. The summed E-state index contributed by atoms with van der Waals surface area (Å²) in [7, 11) is 0. The molecule has 3 aromatic rings. The number of amides is 1. The monoisotopic (exact) mass is 461 g/mol. The lowest BCUT2D eigenvalue weighted by atomic mass is 9.91. The highest BCUT2D eigenvalue weighted by molar-refractivity contribution is 5.98. The molecule has 34 heavy (non-hydrogen) atoms. The predicted octanol–water partition coefficient (Wildman–Crippen LogP) is 5.39. The first-order valence-electron chi connectivity index (χ1n) is 12.9. The highest BCUT2D eigenvalue weighted by Gasteiger charge is 2.31. The lowest BCUT2D eigenvalue weighted by Gasteiger charge is -2.31. The van der Waals surface area contributed by atoms with E-state index in [4.69, 9.17) is 4.52 Å². The van der Waals surface area contributed by atoms with E-state index in [1.165, 1.54) is 53.8 Å². The Morgan fingerprint density at radius 2 is 1.79 bits per heavy atom. The van der Waals surface area contributed by atoms with Crippen molar-refractivity contribution in [1.82, 2.24) is 10.1 Å². The molecular formula is C28H32FN3O2. The van der Waals surface area contributed by atoms with Crippen LogP contribution in [0.1, 0.15) is 66.8 Å². The van der Waals surface area contributed by atoms with Gasteiger partial charge in [-0.2, -0.15) is 0 Å². The lowest BCUT2D eigenvalue weighted by molar-refractivity contribution is -0.118. The summed E-state index contributed by atoms with van der Waals surface area (Å²) in [6.45, 7) is 4.20. The van der Waals surface area contributed by atoms with Crippen LogP contribution in [0, 0.1) is 5.82 Å². The molecular weight excluding hydrogens is 429 g/mol. The fraction of sp³-hybridized carbons (Fsp3) is 0.500. The zero-order chi connectivity index (χ0) is 23.1. The first kappa shape index (κ1) is 21.8. The average Bonchev–Trinajstić information content (AvgIpc) is 3.47. The van der Waals surface area contributed by atoms with E-state index >= 15 is 0 Å². The number of anilines is 1. The Labute approximate surface area is 199 Å². The number of piperidine rings is 1. The number of nitrogens with zero attached hydrogens (tertiary/aromatic N) is 3. The maximum absolute atomic E-state index is 13.4. The van der Waals surface area contributed by atoms with E-state index in [0.29, 0.717) is 23.8 Å². The number of halogens is 1. The average molecular weight is 462 g/mol. The molecule has 2 aromatic carbocycles. The van der Waals surface area contributed by atoms with Crippen LogP contribution in [0.15, 0.2) is 34.9 Å². The van der Waals surface area contributed by atoms with Gasteiger partial charge in [-0.15, -0.1) is 0 Å². The summed E-state index contributed by atoms with van der Waals surface area (Å²) in [5.74, 6) is 0.418. The molecule has 6 heteroatoms. The molecule has 4 heterocycles. The molecule has 0 N–H and O–H groups in total. The lowest BCUT2D eigenvalue weighted by Crippen LogP contribution is -2.33. The molecule has 1 aromatic heterocycles. The van der Waals surface area contributed by atoms with Crippen LogP contribution in [-0.4, -0.2) is 42.1 Å². The van der Waals surface area contributed by atoms with Gasteiger partial charge in [0.15, 0.2) is 5.58 Å². The number of fused-ring (bicyclic) bond motifs is 1. The van der Waals surface area contributed by atoms with Gasteiger partial charge in [-0.25, -0.2) is 4.39 Å². The van der Waals surface area contributed by atoms with Crippen molar-refractivity contribution in [3.8, 4) is 0 Å². The first-order chi connectivity index (χ1) is 16.7. The molecule has 6 rings (SSSR count). The third-order valence-electron chi connectivity index (χ3n) is 7.99. The summed E-state index contributed by atoms with van der Waals surface area (Å²) in [5, 5.41) is 5.22. The van der Waals surface area contributed by atoms with Crippen molar-refractivity contribution in [2.45, 2.75) is 63.7 Å². The van der Waals surface area contributed by atoms with Gasteiger partial charge in [-0.1, -0.05) is 23.7 Å². The molecule has 0 aliphatic carbocycles. The molecule has 178 valence electrons. The number of carbonyl (C=O) groups is 1. The van der Waals surface area contributed by atoms with Crippen molar-refractivity contribution in [3.05, 3.63) is 58.5 Å². The molecule has 1 saturated heterocycles. The Morgan fingerprint density at radius 3 is 2.65 bits per heavy atom. The van der Waals surface area contributed by atoms with Crippen LogP contribution in [0.3, 0.4) is 0 Å². The molecule has 0 spiro atoms. The van der Waals surface area contributed by atoms with Gasteiger partial charge in [0.1, 0.15) is 5.82 Å². The number of likely N-dealkylation sites (tertiary alicyclic amines) is 1. The molecule has 0 unspecified atom stereocenters. The summed E-state index contributed by atoms with van der Waals surface area (Å²) >= 11 is 0. The van der Waals surface area contributed by atoms with Crippen molar-refractivity contribution in [2.24, 2.45) is 0 Å². The molecule has 0 bridgehead atoms. The van der Waals surface area contributed by atoms with E-state index in [0.717, 1.165) is 69.4 Å². The van der Waals surface area contributed by atoms with Crippen LogP contribution in [0.25, 0.3) is 11.0 Å². The van der Waals surface area contributed by atoms with E-state index in [1.54, 1.807) is 6.07 Å². The van der Waals surface area contributed by atoms with Crippen molar-refractivity contribution in [2.75, 3.05) is 31.1 Å². The second-order valence-electron chi connectivity index (χ2n) is 10.2. The van der Waals surface area contributed by atoms with Gasteiger partial charge in [-0.05, 0) is 93.4 Å². The summed E-state index contributed by atoms with van der Waals surface area (Å²) in [5.41, 5.74) is 7.00. The van der Waals surface area contributed by atoms with Crippen LogP contribution >= 0.6 is 0 Å². The predicted molar refractivity (Wildman–Crippen MR) is 131 cm³/mol. The van der Waals surface area contributed by atoms with Crippen molar-refractivity contribution >= 4 is 22.6 Å². The van der Waals surface area contributed by atoms with Crippen LogP contribution in [0.4, 0.5) is 10.1 Å². The number of benzene rings is 2. The van der Waals surface area contributed by atoms with E-state index in [-0.39, 0.29) is 5.82 Å². The van der Waals surface area contributed by atoms with Gasteiger partial charge in [0.25, 0.3) is 0 Å². The highest BCUT2D eigenvalue weighted by atomic mass is 19.1. The summed E-state index contributed by atoms with van der Waals surface area (Å²) < 4.78 is 18.8. The third-order valence-corrected chi connectivity index (χ3v) is 7.99. The van der Waals surface area contributed by atoms with Crippen molar-refractivity contribution in [1.29, 1.82) is 0 Å². The molecule has 1 amide bonds. The van der Waals surface area contributed by atoms with Gasteiger partial charge >= 0.3 is 0 Å². The Hall–Kier alpha value is -2.73. The molecule has 0 radical (unpaired) electrons. The van der Waals surface area contributed by atoms with Crippen LogP contribution in [0.5, 0.6) is 0 Å². The summed E-state index contributed by atoms with van der Waals surface area (Å²) in [6.07, 6.45) is 9.58. The minimum atomic E-state index is -0.279. The molecule has 3 aliphatic rings. The second kappa shape index (κ2) is 9.14. The number of unbranched alkanes of at least 4 members (excludes halogenated alkanes) is 2. The molecule has 0 saturated carbocycles. The number of hydrogen-bond donors (Lipinski definition) is 0. The van der Waals surface area contributed by atoms with Gasteiger partial charge in [-0.3, -0.25) is 4.79 Å². The van der Waals surface area contributed by atoms with Gasteiger partial charge < -0.3 is 14.3 Å². The molecule has 5 nitrogen and oxygen atoms in total. The van der Waals surface area contributed by atoms with Crippen LogP contribution in [0.2, 0.25) is 0 Å². The van der Waals surface area contributed by atoms with Gasteiger partial charge in [0, 0.05) is 30.3 Å². The maximum atomic E-state index is 13.4. The summed E-state index contributed by atoms with van der Waals surface area (Å²) in [4.78, 5) is 16.7. The smallest absolute Gasteiger partial charge is 0.227 e. The molecule has 3 aliphatic heterocycles. The SMILES string of the molecule is O=C1CCc2cc(CCCCCN3CCC(c4noc5cc(F)ccc45)CC3)cc3c2N1CC3. The van der Waals surface area contributed by atoms with Gasteiger partial charge in [0.2, 0.25) is 5.91 Å². The molecule has 0 atom stereocenters. The quantitative estimate of drug-likeness (QED) is 0.443. The molecule has 1 fully saturated rings. The second-order valence-corrected chi connectivity index (χ2v) is 10.2. The van der Waals surface area contributed by atoms with Crippen molar-refractivity contribution < 1.29 is 13.7 Å². The fourth-order valence-electron chi connectivity index (χ4n) is 6.17. The number of carbonyl (C=O) groups excluding carboxylic acids is 1. The minimum Gasteiger partial charge on any atom is -0.356 e. The minimum absolute atomic E-state index is 0.279. The van der Waals surface area contributed by atoms with Crippen LogP contribution < -0.4 is 4.90 Å². The first-order valence-corrected chi connectivity index (χ1v) is 12.9. The fourth-order valence-corrected chi connectivity index (χ4v) is 6.17. The Balaban J connectivity index is 0.952.